The molecule has 2 heteroatoms. The average molecular weight is 154 g/mol. The molecule has 1 heterocycles. The molecule has 1 rings (SSSR count). The molecule has 1 saturated heterocycles. The van der Waals surface area contributed by atoms with Gasteiger partial charge in [-0.15, -0.1) is 0 Å². The molecule has 2 nitrogen and oxygen atoms in total. The fourth-order valence-electron chi connectivity index (χ4n) is 1.62. The Morgan fingerprint density at radius 2 is 2.45 bits per heavy atom. The Labute approximate surface area is 69.1 Å². The van der Waals surface area contributed by atoms with Crippen molar-refractivity contribution in [1.82, 2.24) is 4.90 Å². The SMILES string of the molecule is C=C(CN)C1CCN(CC)C1. The van der Waals surface area contributed by atoms with Crippen molar-refractivity contribution in [3.63, 3.8) is 0 Å². The second-order valence-corrected chi connectivity index (χ2v) is 3.24. The van der Waals surface area contributed by atoms with Crippen molar-refractivity contribution in [3.8, 4) is 0 Å². The lowest BCUT2D eigenvalue weighted by molar-refractivity contribution is 0.349. The van der Waals surface area contributed by atoms with E-state index in [1.807, 2.05) is 0 Å². The molecular weight excluding hydrogens is 136 g/mol. The maximum absolute atomic E-state index is 5.52. The Hall–Kier alpha value is -0.340. The topological polar surface area (TPSA) is 29.3 Å². The third kappa shape index (κ3) is 2.04. The van der Waals surface area contributed by atoms with Crippen molar-refractivity contribution in [1.29, 1.82) is 0 Å². The van der Waals surface area contributed by atoms with Crippen LogP contribution in [0.15, 0.2) is 12.2 Å². The molecule has 0 amide bonds. The van der Waals surface area contributed by atoms with Crippen molar-refractivity contribution < 1.29 is 0 Å². The highest BCUT2D eigenvalue weighted by atomic mass is 15.1. The summed E-state index contributed by atoms with van der Waals surface area (Å²) in [4.78, 5) is 2.45. The third-order valence-corrected chi connectivity index (χ3v) is 2.56. The van der Waals surface area contributed by atoms with Crippen LogP contribution in [0.5, 0.6) is 0 Å². The Bertz CT molecular complexity index is 142. The van der Waals surface area contributed by atoms with E-state index in [1.165, 1.54) is 25.1 Å². The van der Waals surface area contributed by atoms with Gasteiger partial charge in [0.25, 0.3) is 0 Å². The molecule has 1 unspecified atom stereocenters. The van der Waals surface area contributed by atoms with E-state index in [0.29, 0.717) is 12.5 Å². The van der Waals surface area contributed by atoms with Crippen LogP contribution in [-0.2, 0) is 0 Å². The van der Waals surface area contributed by atoms with E-state index < -0.39 is 0 Å². The molecule has 1 aliphatic rings. The van der Waals surface area contributed by atoms with Crippen molar-refractivity contribution in [2.45, 2.75) is 13.3 Å². The average Bonchev–Trinajstić information content (AvgIpc) is 2.50. The zero-order chi connectivity index (χ0) is 8.27. The van der Waals surface area contributed by atoms with Gasteiger partial charge in [-0.25, -0.2) is 0 Å². The summed E-state index contributed by atoms with van der Waals surface area (Å²) in [5, 5.41) is 0. The lowest BCUT2D eigenvalue weighted by Gasteiger charge is -2.13. The number of rotatable bonds is 3. The molecule has 1 fully saturated rings. The first kappa shape index (κ1) is 8.75. The van der Waals surface area contributed by atoms with Gasteiger partial charge in [-0.3, -0.25) is 0 Å². The standard InChI is InChI=1S/C9H18N2/c1-3-11-5-4-9(7-11)8(2)6-10/h9H,2-7,10H2,1H3. The van der Waals surface area contributed by atoms with Crippen LogP contribution < -0.4 is 5.73 Å². The maximum Gasteiger partial charge on any atom is 0.0137 e. The molecule has 0 aliphatic carbocycles. The molecule has 11 heavy (non-hydrogen) atoms. The second-order valence-electron chi connectivity index (χ2n) is 3.24. The van der Waals surface area contributed by atoms with Gasteiger partial charge >= 0.3 is 0 Å². The molecule has 64 valence electrons. The predicted octanol–water partition coefficient (Wildman–Crippen LogP) is 0.843. The van der Waals surface area contributed by atoms with Gasteiger partial charge in [-0.1, -0.05) is 19.1 Å². The van der Waals surface area contributed by atoms with E-state index in [2.05, 4.69) is 18.4 Å². The Morgan fingerprint density at radius 3 is 2.91 bits per heavy atom. The molecule has 0 saturated carbocycles. The van der Waals surface area contributed by atoms with Crippen LogP contribution in [0.1, 0.15) is 13.3 Å². The van der Waals surface area contributed by atoms with Crippen LogP contribution in [0.25, 0.3) is 0 Å². The fourth-order valence-corrected chi connectivity index (χ4v) is 1.62. The summed E-state index contributed by atoms with van der Waals surface area (Å²) >= 11 is 0. The van der Waals surface area contributed by atoms with E-state index in [-0.39, 0.29) is 0 Å². The van der Waals surface area contributed by atoms with E-state index >= 15 is 0 Å². The molecule has 0 bridgehead atoms. The van der Waals surface area contributed by atoms with Gasteiger partial charge in [0.05, 0.1) is 0 Å². The smallest absolute Gasteiger partial charge is 0.0137 e. The van der Waals surface area contributed by atoms with Gasteiger partial charge in [0.2, 0.25) is 0 Å². The first-order valence-corrected chi connectivity index (χ1v) is 4.38. The van der Waals surface area contributed by atoms with Crippen LogP contribution in [0.3, 0.4) is 0 Å². The monoisotopic (exact) mass is 154 g/mol. The Balaban J connectivity index is 2.35. The molecular formula is C9H18N2. The van der Waals surface area contributed by atoms with Gasteiger partial charge in [-0.2, -0.15) is 0 Å². The van der Waals surface area contributed by atoms with Gasteiger partial charge in [0, 0.05) is 13.1 Å². The van der Waals surface area contributed by atoms with Gasteiger partial charge in [-0.05, 0) is 25.4 Å². The van der Waals surface area contributed by atoms with Crippen molar-refractivity contribution in [3.05, 3.63) is 12.2 Å². The summed E-state index contributed by atoms with van der Waals surface area (Å²) in [5.74, 6) is 0.667. The largest absolute Gasteiger partial charge is 0.327 e. The number of hydrogen-bond donors (Lipinski definition) is 1. The summed E-state index contributed by atoms with van der Waals surface area (Å²) < 4.78 is 0. The molecule has 0 spiro atoms. The molecule has 2 N–H and O–H groups in total. The molecule has 0 aromatic heterocycles. The molecule has 0 aromatic carbocycles. The molecule has 1 aliphatic heterocycles. The van der Waals surface area contributed by atoms with Crippen molar-refractivity contribution >= 4 is 0 Å². The van der Waals surface area contributed by atoms with Crippen LogP contribution in [0.2, 0.25) is 0 Å². The summed E-state index contributed by atoms with van der Waals surface area (Å²) in [6.45, 7) is 10.4. The highest BCUT2D eigenvalue weighted by Crippen LogP contribution is 2.21. The number of hydrogen-bond acceptors (Lipinski definition) is 2. The van der Waals surface area contributed by atoms with Crippen LogP contribution in [0, 0.1) is 5.92 Å². The minimum Gasteiger partial charge on any atom is -0.327 e. The highest BCUT2D eigenvalue weighted by molar-refractivity contribution is 5.05. The minimum absolute atomic E-state index is 0.655. The number of nitrogens with two attached hydrogens (primary N) is 1. The van der Waals surface area contributed by atoms with Crippen LogP contribution in [-0.4, -0.2) is 31.1 Å². The van der Waals surface area contributed by atoms with Gasteiger partial charge in [0.15, 0.2) is 0 Å². The first-order chi connectivity index (χ1) is 5.27. The molecule has 1 atom stereocenters. The normalized spacial score (nSPS) is 25.8. The lowest BCUT2D eigenvalue weighted by atomic mass is 10.0. The fraction of sp³-hybridized carbons (Fsp3) is 0.778. The van der Waals surface area contributed by atoms with Gasteiger partial charge < -0.3 is 10.6 Å². The van der Waals surface area contributed by atoms with E-state index in [0.717, 1.165) is 6.54 Å². The van der Waals surface area contributed by atoms with Crippen molar-refractivity contribution in [2.75, 3.05) is 26.2 Å². The predicted molar refractivity (Wildman–Crippen MR) is 48.4 cm³/mol. The Morgan fingerprint density at radius 1 is 1.73 bits per heavy atom. The maximum atomic E-state index is 5.52. The lowest BCUT2D eigenvalue weighted by Crippen LogP contribution is -2.21. The zero-order valence-electron chi connectivity index (χ0n) is 7.34. The van der Waals surface area contributed by atoms with E-state index in [9.17, 15) is 0 Å². The zero-order valence-corrected chi connectivity index (χ0v) is 7.34. The first-order valence-electron chi connectivity index (χ1n) is 4.38. The number of likely N-dealkylation sites (tertiary alicyclic amines) is 1. The Kier molecular flexibility index (Phi) is 3.09. The molecule has 0 aromatic rings. The summed E-state index contributed by atoms with van der Waals surface area (Å²) in [6, 6.07) is 0. The summed E-state index contributed by atoms with van der Waals surface area (Å²) in [5.41, 5.74) is 6.74. The van der Waals surface area contributed by atoms with Crippen LogP contribution >= 0.6 is 0 Å². The molecule has 0 radical (unpaired) electrons. The van der Waals surface area contributed by atoms with Gasteiger partial charge in [0.1, 0.15) is 0 Å². The van der Waals surface area contributed by atoms with E-state index in [4.69, 9.17) is 5.73 Å². The quantitative estimate of drug-likeness (QED) is 0.610. The van der Waals surface area contributed by atoms with Crippen molar-refractivity contribution in [2.24, 2.45) is 11.7 Å². The highest BCUT2D eigenvalue weighted by Gasteiger charge is 2.22. The van der Waals surface area contributed by atoms with Crippen LogP contribution in [0.4, 0.5) is 0 Å². The summed E-state index contributed by atoms with van der Waals surface area (Å²) in [6.07, 6.45) is 1.25. The third-order valence-electron chi connectivity index (χ3n) is 2.56. The number of nitrogens with zero attached hydrogens (tertiary/aromatic N) is 1. The second kappa shape index (κ2) is 3.88. The van der Waals surface area contributed by atoms with E-state index in [1.54, 1.807) is 0 Å². The minimum atomic E-state index is 0.655. The summed E-state index contributed by atoms with van der Waals surface area (Å²) in [7, 11) is 0.